The maximum atomic E-state index is 12.3. The third-order valence-electron chi connectivity index (χ3n) is 3.78. The first-order valence-corrected chi connectivity index (χ1v) is 6.48. The molecule has 1 aliphatic rings. The second kappa shape index (κ2) is 4.38. The van der Waals surface area contributed by atoms with E-state index in [1.807, 2.05) is 42.9 Å². The lowest BCUT2D eigenvalue weighted by atomic mass is 9.78. The number of hydrogen-bond donors (Lipinski definition) is 0. The molecule has 2 heterocycles. The van der Waals surface area contributed by atoms with Crippen LogP contribution in [0.4, 0.5) is 0 Å². The summed E-state index contributed by atoms with van der Waals surface area (Å²) in [6, 6.07) is 8.09. The number of aryl methyl sites for hydroxylation is 1. The number of rotatable bonds is 3. The highest BCUT2D eigenvalue weighted by Crippen LogP contribution is 2.38. The molecule has 1 aliphatic heterocycles. The van der Waals surface area contributed by atoms with E-state index < -0.39 is 5.41 Å². The van der Waals surface area contributed by atoms with Gasteiger partial charge in [0, 0.05) is 24.1 Å². The van der Waals surface area contributed by atoms with E-state index in [1.54, 1.807) is 0 Å². The van der Waals surface area contributed by atoms with Gasteiger partial charge in [0.2, 0.25) is 0 Å². The molecule has 100 valence electrons. The number of fused-ring (bicyclic) bond motifs is 1. The van der Waals surface area contributed by atoms with E-state index in [1.165, 1.54) is 0 Å². The minimum Gasteiger partial charge on any atom is -0.465 e. The number of carbonyl (C=O) groups is 1. The Bertz CT molecular complexity index is 625. The lowest BCUT2D eigenvalue weighted by Crippen LogP contribution is -2.53. The number of esters is 1. The molecular formula is C15H17NO3. The van der Waals surface area contributed by atoms with Gasteiger partial charge < -0.3 is 14.0 Å². The van der Waals surface area contributed by atoms with Gasteiger partial charge in [0.05, 0.1) is 19.8 Å². The fraction of sp³-hybridized carbons (Fsp3) is 0.400. The predicted molar refractivity (Wildman–Crippen MR) is 72.0 cm³/mol. The third kappa shape index (κ3) is 1.67. The summed E-state index contributed by atoms with van der Waals surface area (Å²) in [5.74, 6) is -0.183. The first-order chi connectivity index (χ1) is 9.19. The first kappa shape index (κ1) is 12.2. The second-order valence-corrected chi connectivity index (χ2v) is 4.97. The Kier molecular flexibility index (Phi) is 2.82. The highest BCUT2D eigenvalue weighted by atomic mass is 16.6. The van der Waals surface area contributed by atoms with Crippen molar-refractivity contribution in [3.05, 3.63) is 36.0 Å². The van der Waals surface area contributed by atoms with E-state index in [0.717, 1.165) is 16.5 Å². The average Bonchev–Trinajstić information content (AvgIpc) is 2.67. The summed E-state index contributed by atoms with van der Waals surface area (Å²) in [5.41, 5.74) is 1.50. The van der Waals surface area contributed by atoms with Crippen LogP contribution in [0.3, 0.4) is 0 Å². The van der Waals surface area contributed by atoms with Gasteiger partial charge in [-0.3, -0.25) is 4.79 Å². The van der Waals surface area contributed by atoms with Crippen LogP contribution in [-0.2, 0) is 26.7 Å². The maximum absolute atomic E-state index is 12.3. The number of hydrogen-bond acceptors (Lipinski definition) is 3. The SMILES string of the molecule is CCOC(=O)C1(c2cn(C)c3ccccc23)COC1. The van der Waals surface area contributed by atoms with Crippen LogP contribution in [0, 0.1) is 0 Å². The molecule has 1 aromatic carbocycles. The number of aromatic nitrogens is 1. The van der Waals surface area contributed by atoms with Crippen molar-refractivity contribution in [2.75, 3.05) is 19.8 Å². The largest absolute Gasteiger partial charge is 0.465 e. The molecule has 0 amide bonds. The van der Waals surface area contributed by atoms with Gasteiger partial charge in [0.15, 0.2) is 0 Å². The summed E-state index contributed by atoms with van der Waals surface area (Å²) < 4.78 is 12.6. The van der Waals surface area contributed by atoms with E-state index in [-0.39, 0.29) is 5.97 Å². The molecule has 19 heavy (non-hydrogen) atoms. The van der Waals surface area contributed by atoms with Gasteiger partial charge in [0.1, 0.15) is 5.41 Å². The van der Waals surface area contributed by atoms with Crippen molar-refractivity contribution in [1.29, 1.82) is 0 Å². The zero-order valence-electron chi connectivity index (χ0n) is 11.2. The van der Waals surface area contributed by atoms with Crippen LogP contribution in [0.2, 0.25) is 0 Å². The van der Waals surface area contributed by atoms with E-state index in [9.17, 15) is 4.79 Å². The molecule has 4 heteroatoms. The molecule has 1 fully saturated rings. The van der Waals surface area contributed by atoms with Crippen molar-refractivity contribution in [2.45, 2.75) is 12.3 Å². The maximum Gasteiger partial charge on any atom is 0.321 e. The molecular weight excluding hydrogens is 242 g/mol. The van der Waals surface area contributed by atoms with Gasteiger partial charge in [-0.15, -0.1) is 0 Å². The zero-order valence-corrected chi connectivity index (χ0v) is 11.2. The topological polar surface area (TPSA) is 40.5 Å². The lowest BCUT2D eigenvalue weighted by molar-refractivity contribution is -0.169. The molecule has 0 radical (unpaired) electrons. The number of benzene rings is 1. The molecule has 0 bridgehead atoms. The fourth-order valence-corrected chi connectivity index (χ4v) is 2.68. The Balaban J connectivity index is 2.14. The van der Waals surface area contributed by atoms with Crippen molar-refractivity contribution in [2.24, 2.45) is 7.05 Å². The summed E-state index contributed by atoms with van der Waals surface area (Å²) in [6.07, 6.45) is 2.02. The summed E-state index contributed by atoms with van der Waals surface area (Å²) in [6.45, 7) is 3.03. The lowest BCUT2D eigenvalue weighted by Gasteiger charge is -2.38. The average molecular weight is 259 g/mol. The van der Waals surface area contributed by atoms with E-state index in [2.05, 4.69) is 6.07 Å². The van der Waals surface area contributed by atoms with E-state index >= 15 is 0 Å². The van der Waals surface area contributed by atoms with Gasteiger partial charge in [-0.2, -0.15) is 0 Å². The summed E-state index contributed by atoms with van der Waals surface area (Å²) in [5, 5.41) is 1.10. The quantitative estimate of drug-likeness (QED) is 0.792. The molecule has 0 aliphatic carbocycles. The third-order valence-corrected chi connectivity index (χ3v) is 3.78. The minimum atomic E-state index is -0.628. The van der Waals surface area contributed by atoms with Crippen LogP contribution < -0.4 is 0 Å². The highest BCUT2D eigenvalue weighted by molar-refractivity contribution is 5.94. The van der Waals surface area contributed by atoms with Crippen molar-refractivity contribution >= 4 is 16.9 Å². The Hall–Kier alpha value is -1.81. The monoisotopic (exact) mass is 259 g/mol. The normalized spacial score (nSPS) is 17.2. The predicted octanol–water partition coefficient (Wildman–Crippen LogP) is 2.01. The van der Waals surface area contributed by atoms with E-state index in [4.69, 9.17) is 9.47 Å². The van der Waals surface area contributed by atoms with Crippen molar-refractivity contribution < 1.29 is 14.3 Å². The van der Waals surface area contributed by atoms with Crippen LogP contribution in [0.15, 0.2) is 30.5 Å². The summed E-state index contributed by atoms with van der Waals surface area (Å²) in [4.78, 5) is 12.3. The minimum absolute atomic E-state index is 0.183. The molecule has 4 nitrogen and oxygen atoms in total. The highest BCUT2D eigenvalue weighted by Gasteiger charge is 2.50. The molecule has 0 unspecified atom stereocenters. The number of nitrogens with zero attached hydrogens (tertiary/aromatic N) is 1. The molecule has 0 atom stereocenters. The second-order valence-electron chi connectivity index (χ2n) is 4.97. The van der Waals surface area contributed by atoms with Crippen molar-refractivity contribution in [1.82, 2.24) is 4.57 Å². The standard InChI is InChI=1S/C15H17NO3/c1-3-19-14(17)15(9-18-10-15)12-8-16(2)13-7-5-4-6-11(12)13/h4-8H,3,9-10H2,1-2H3. The summed E-state index contributed by atoms with van der Waals surface area (Å²) >= 11 is 0. The van der Waals surface area contributed by atoms with Gasteiger partial charge in [-0.1, -0.05) is 18.2 Å². The van der Waals surface area contributed by atoms with Gasteiger partial charge >= 0.3 is 5.97 Å². The number of carbonyl (C=O) groups excluding carboxylic acids is 1. The van der Waals surface area contributed by atoms with Crippen molar-refractivity contribution in [3.8, 4) is 0 Å². The van der Waals surface area contributed by atoms with E-state index in [0.29, 0.717) is 19.8 Å². The van der Waals surface area contributed by atoms with Crippen LogP contribution in [0.1, 0.15) is 12.5 Å². The molecule has 1 saturated heterocycles. The summed E-state index contributed by atoms with van der Waals surface area (Å²) in [7, 11) is 1.99. The first-order valence-electron chi connectivity index (χ1n) is 6.48. The Morgan fingerprint density at radius 2 is 2.16 bits per heavy atom. The molecule has 0 N–H and O–H groups in total. The molecule has 0 saturated carbocycles. The smallest absolute Gasteiger partial charge is 0.321 e. The number of ether oxygens (including phenoxy) is 2. The molecule has 3 rings (SSSR count). The van der Waals surface area contributed by atoms with Gasteiger partial charge in [0.25, 0.3) is 0 Å². The molecule has 2 aromatic rings. The van der Waals surface area contributed by atoms with Crippen molar-refractivity contribution in [3.63, 3.8) is 0 Å². The molecule has 1 aromatic heterocycles. The van der Waals surface area contributed by atoms with Gasteiger partial charge in [-0.25, -0.2) is 0 Å². The Morgan fingerprint density at radius 3 is 2.79 bits per heavy atom. The molecule has 0 spiro atoms. The number of para-hydroxylation sites is 1. The van der Waals surface area contributed by atoms with Crippen LogP contribution in [0.5, 0.6) is 0 Å². The Morgan fingerprint density at radius 1 is 1.42 bits per heavy atom. The fourth-order valence-electron chi connectivity index (χ4n) is 2.68. The zero-order chi connectivity index (χ0) is 13.5. The van der Waals surface area contributed by atoms with Crippen LogP contribution in [-0.4, -0.2) is 30.4 Å². The van der Waals surface area contributed by atoms with Crippen LogP contribution in [0.25, 0.3) is 10.9 Å². The van der Waals surface area contributed by atoms with Gasteiger partial charge in [-0.05, 0) is 18.6 Å². The van der Waals surface area contributed by atoms with Crippen LogP contribution >= 0.6 is 0 Å². The Labute approximate surface area is 111 Å².